The van der Waals surface area contributed by atoms with Crippen LogP contribution in [0.1, 0.15) is 43.5 Å². The van der Waals surface area contributed by atoms with Crippen LogP contribution in [0.3, 0.4) is 0 Å². The third-order valence-electron chi connectivity index (χ3n) is 6.62. The highest BCUT2D eigenvalue weighted by molar-refractivity contribution is 9.11. The van der Waals surface area contributed by atoms with E-state index >= 15 is 0 Å². The number of methoxy groups -OCH3 is 1. The van der Waals surface area contributed by atoms with Crippen molar-refractivity contribution in [3.63, 3.8) is 0 Å². The van der Waals surface area contributed by atoms with Crippen molar-refractivity contribution >= 4 is 55.2 Å². The van der Waals surface area contributed by atoms with Crippen molar-refractivity contribution in [1.29, 1.82) is 0 Å². The second-order valence-corrected chi connectivity index (χ2v) is 12.7. The number of allylic oxidation sites excluding steroid dienone is 1. The Bertz CT molecular complexity index is 1890. The summed E-state index contributed by atoms with van der Waals surface area (Å²) in [6.45, 7) is 5.82. The molecule has 0 aliphatic carbocycles. The van der Waals surface area contributed by atoms with Crippen LogP contribution in [0.25, 0.3) is 6.08 Å². The number of nitrogens with zero attached hydrogens (tertiary/aromatic N) is 2. The molecular formula is C32H27Br2FN2O5S. The molecule has 222 valence electrons. The topological polar surface area (TPSA) is 79.1 Å². The normalized spacial score (nSPS) is 14.9. The third-order valence-corrected chi connectivity index (χ3v) is 8.78. The van der Waals surface area contributed by atoms with E-state index in [1.807, 2.05) is 50.2 Å². The minimum absolute atomic E-state index is 0.122. The Morgan fingerprint density at radius 1 is 1.12 bits per heavy atom. The molecule has 0 saturated carbocycles. The second-order valence-electron chi connectivity index (χ2n) is 10.0. The summed E-state index contributed by atoms with van der Waals surface area (Å²) in [7, 11) is 1.31. The average Bonchev–Trinajstić information content (AvgIpc) is 3.26. The molecular weight excluding hydrogens is 703 g/mol. The van der Waals surface area contributed by atoms with Gasteiger partial charge < -0.3 is 14.2 Å². The van der Waals surface area contributed by atoms with Crippen LogP contribution in [0.4, 0.5) is 4.39 Å². The average molecular weight is 730 g/mol. The summed E-state index contributed by atoms with van der Waals surface area (Å²) < 4.78 is 33.7. The Balaban J connectivity index is 1.58. The van der Waals surface area contributed by atoms with Gasteiger partial charge in [0.15, 0.2) is 4.80 Å². The molecule has 0 spiro atoms. The van der Waals surface area contributed by atoms with Crippen molar-refractivity contribution in [3.8, 4) is 11.5 Å². The highest BCUT2D eigenvalue weighted by Crippen LogP contribution is 2.37. The van der Waals surface area contributed by atoms with E-state index in [0.717, 1.165) is 11.1 Å². The molecule has 0 bridgehead atoms. The minimum Gasteiger partial charge on any atom is -0.491 e. The molecule has 43 heavy (non-hydrogen) atoms. The van der Waals surface area contributed by atoms with Crippen molar-refractivity contribution in [2.75, 3.05) is 7.11 Å². The SMILES string of the molecule is COC(=O)C1=C(C)N=c2sc(=Cc3cc(Br)c(OCc4ccc(F)cc4)c(Br)c3)c(=O)n2C1c1ccccc1OC(C)C. The molecule has 1 aliphatic rings. The zero-order chi connectivity index (χ0) is 30.8. The predicted octanol–water partition coefficient (Wildman–Crippen LogP) is 6.44. The molecule has 1 atom stereocenters. The van der Waals surface area contributed by atoms with Gasteiger partial charge in [0.05, 0.1) is 38.0 Å². The van der Waals surface area contributed by atoms with Gasteiger partial charge in [-0.25, -0.2) is 14.2 Å². The van der Waals surface area contributed by atoms with E-state index < -0.39 is 12.0 Å². The molecule has 4 aromatic rings. The number of carbonyl (C=O) groups is 1. The second kappa shape index (κ2) is 13.0. The predicted molar refractivity (Wildman–Crippen MR) is 171 cm³/mol. The van der Waals surface area contributed by atoms with Gasteiger partial charge in [-0.1, -0.05) is 41.7 Å². The fraction of sp³-hybridized carbons (Fsp3) is 0.219. The zero-order valence-corrected chi connectivity index (χ0v) is 27.7. The van der Waals surface area contributed by atoms with E-state index in [2.05, 4.69) is 36.9 Å². The van der Waals surface area contributed by atoms with Crippen LogP contribution in [0.15, 0.2) is 90.7 Å². The number of hydrogen-bond acceptors (Lipinski definition) is 7. The maximum absolute atomic E-state index is 14.0. The van der Waals surface area contributed by atoms with E-state index in [1.54, 1.807) is 25.1 Å². The van der Waals surface area contributed by atoms with E-state index in [0.29, 0.717) is 41.0 Å². The molecule has 1 aliphatic heterocycles. The first-order chi connectivity index (χ1) is 20.6. The minimum atomic E-state index is -0.790. The summed E-state index contributed by atoms with van der Waals surface area (Å²) in [6, 6.07) is 16.4. The van der Waals surface area contributed by atoms with Crippen LogP contribution in [0.2, 0.25) is 0 Å². The van der Waals surface area contributed by atoms with Gasteiger partial charge in [0.2, 0.25) is 0 Å². The summed E-state index contributed by atoms with van der Waals surface area (Å²) in [5.41, 5.74) is 2.66. The number of hydrogen-bond donors (Lipinski definition) is 0. The molecule has 7 nitrogen and oxygen atoms in total. The first kappa shape index (κ1) is 30.9. The number of halogens is 3. The third kappa shape index (κ3) is 6.53. The molecule has 0 fully saturated rings. The number of carbonyl (C=O) groups excluding carboxylic acids is 1. The summed E-state index contributed by atoms with van der Waals surface area (Å²) in [5.74, 6) is 0.265. The van der Waals surface area contributed by atoms with Gasteiger partial charge in [0, 0.05) is 5.56 Å². The van der Waals surface area contributed by atoms with Crippen molar-refractivity contribution in [2.45, 2.75) is 39.5 Å². The highest BCUT2D eigenvalue weighted by Gasteiger charge is 2.35. The molecule has 5 rings (SSSR count). The highest BCUT2D eigenvalue weighted by atomic mass is 79.9. The van der Waals surface area contributed by atoms with Crippen molar-refractivity contribution in [3.05, 3.63) is 123 Å². The van der Waals surface area contributed by atoms with Crippen molar-refractivity contribution in [1.82, 2.24) is 4.57 Å². The quantitative estimate of drug-likeness (QED) is 0.195. The van der Waals surface area contributed by atoms with Crippen LogP contribution in [-0.2, 0) is 16.1 Å². The van der Waals surface area contributed by atoms with Crippen molar-refractivity contribution in [2.24, 2.45) is 4.99 Å². The number of thiazole rings is 1. The molecule has 11 heteroatoms. The molecule has 0 saturated heterocycles. The number of rotatable bonds is 8. The maximum Gasteiger partial charge on any atom is 0.338 e. The maximum atomic E-state index is 14.0. The summed E-state index contributed by atoms with van der Waals surface area (Å²) in [5, 5.41) is 0. The first-order valence-corrected chi connectivity index (χ1v) is 15.7. The number of para-hydroxylation sites is 1. The molecule has 0 N–H and O–H groups in total. The largest absolute Gasteiger partial charge is 0.491 e. The van der Waals surface area contributed by atoms with E-state index in [-0.39, 0.29) is 29.7 Å². The number of ether oxygens (including phenoxy) is 3. The lowest BCUT2D eigenvalue weighted by atomic mass is 9.95. The monoisotopic (exact) mass is 728 g/mol. The van der Waals surface area contributed by atoms with Crippen LogP contribution in [0, 0.1) is 5.82 Å². The summed E-state index contributed by atoms with van der Waals surface area (Å²) in [6.07, 6.45) is 1.65. The Labute approximate surface area is 268 Å². The van der Waals surface area contributed by atoms with Gasteiger partial charge >= 0.3 is 5.97 Å². The Morgan fingerprint density at radius 3 is 2.44 bits per heavy atom. The van der Waals surface area contributed by atoms with E-state index in [9.17, 15) is 14.0 Å². The van der Waals surface area contributed by atoms with Gasteiger partial charge in [-0.05, 0) is 100 Å². The molecule has 0 radical (unpaired) electrons. The van der Waals surface area contributed by atoms with E-state index in [1.165, 1.54) is 35.1 Å². The van der Waals surface area contributed by atoms with Crippen molar-refractivity contribution < 1.29 is 23.4 Å². The number of aromatic nitrogens is 1. The lowest BCUT2D eigenvalue weighted by Gasteiger charge is -2.26. The molecule has 2 heterocycles. The number of benzene rings is 3. The van der Waals surface area contributed by atoms with Crippen LogP contribution < -0.4 is 24.4 Å². The molecule has 1 unspecified atom stereocenters. The van der Waals surface area contributed by atoms with E-state index in [4.69, 9.17) is 14.2 Å². The lowest BCUT2D eigenvalue weighted by Crippen LogP contribution is -2.40. The number of esters is 1. The summed E-state index contributed by atoms with van der Waals surface area (Å²) >= 11 is 8.38. The first-order valence-electron chi connectivity index (χ1n) is 13.3. The fourth-order valence-electron chi connectivity index (χ4n) is 4.74. The van der Waals surface area contributed by atoms with Gasteiger partial charge in [0.1, 0.15) is 30.0 Å². The smallest absolute Gasteiger partial charge is 0.338 e. The zero-order valence-electron chi connectivity index (χ0n) is 23.7. The van der Waals surface area contributed by atoms with Crippen LogP contribution in [-0.4, -0.2) is 23.8 Å². The Morgan fingerprint density at radius 2 is 1.79 bits per heavy atom. The molecule has 1 aromatic heterocycles. The van der Waals surface area contributed by atoms with Gasteiger partial charge in [0.25, 0.3) is 5.56 Å². The standard InChI is InChI=1S/C32H27Br2FN2O5S/c1-17(2)42-25-8-6-5-7-22(25)28-27(31(39)40-4)18(3)36-32-37(28)30(38)26(43-32)15-20-13-23(33)29(24(34)14-20)41-16-19-9-11-21(35)12-10-19/h5-15,17,28H,16H2,1-4H3. The van der Waals surface area contributed by atoms with Gasteiger partial charge in [-0.15, -0.1) is 0 Å². The Kier molecular flexibility index (Phi) is 9.33. The van der Waals surface area contributed by atoms with Crippen LogP contribution >= 0.6 is 43.2 Å². The molecule has 0 amide bonds. The molecule has 3 aromatic carbocycles. The number of fused-ring (bicyclic) bond motifs is 1. The van der Waals surface area contributed by atoms with Gasteiger partial charge in [-0.2, -0.15) is 0 Å². The fourth-order valence-corrected chi connectivity index (χ4v) is 7.24. The Hall–Kier alpha value is -3.54. The summed E-state index contributed by atoms with van der Waals surface area (Å²) in [4.78, 5) is 32.1. The van der Waals surface area contributed by atoms with Gasteiger partial charge in [-0.3, -0.25) is 9.36 Å². The lowest BCUT2D eigenvalue weighted by molar-refractivity contribution is -0.136. The van der Waals surface area contributed by atoms with Crippen LogP contribution in [0.5, 0.6) is 11.5 Å².